The third kappa shape index (κ3) is 2.46. The lowest BCUT2D eigenvalue weighted by Gasteiger charge is -2.30. The number of fused-ring (bicyclic) bond motifs is 2. The number of ether oxygens (including phenoxy) is 1. The van der Waals surface area contributed by atoms with Crippen LogP contribution in [-0.4, -0.2) is 24.6 Å². The van der Waals surface area contributed by atoms with Crippen LogP contribution < -0.4 is 0 Å². The maximum atomic E-state index is 13.2. The molecule has 1 aliphatic carbocycles. The fraction of sp³-hybridized carbons (Fsp3) is 0.190. The Balaban J connectivity index is 1.95. The van der Waals surface area contributed by atoms with Crippen molar-refractivity contribution in [1.82, 2.24) is 0 Å². The van der Waals surface area contributed by atoms with Gasteiger partial charge in [0, 0.05) is 32.8 Å². The molecule has 0 N–H and O–H groups in total. The number of aliphatic imine (C=N–C) groups is 1. The number of halogens is 1. The van der Waals surface area contributed by atoms with Crippen molar-refractivity contribution in [3.05, 3.63) is 75.3 Å². The van der Waals surface area contributed by atoms with E-state index in [2.05, 4.69) is 20.9 Å². The molecule has 0 saturated carbocycles. The van der Waals surface area contributed by atoms with Crippen molar-refractivity contribution in [3.8, 4) is 0 Å². The molecular weight excluding hydrogens is 394 g/mol. The summed E-state index contributed by atoms with van der Waals surface area (Å²) in [6.45, 7) is 1.82. The molecule has 26 heavy (non-hydrogen) atoms. The number of hydrogen-bond donors (Lipinski definition) is 0. The summed E-state index contributed by atoms with van der Waals surface area (Å²) in [5, 5.41) is 0. The number of benzene rings is 2. The van der Waals surface area contributed by atoms with E-state index in [4.69, 9.17) is 4.74 Å². The zero-order valence-electron chi connectivity index (χ0n) is 14.3. The first-order valence-corrected chi connectivity index (χ1v) is 9.09. The quantitative estimate of drug-likeness (QED) is 0.690. The SMILES string of the molecule is COC(=O)C1C(C)=NC2=C(C(=O)c3ccccc32)[C@@H]1c1ccc(Br)cc1. The largest absolute Gasteiger partial charge is 0.468 e. The average molecular weight is 410 g/mol. The van der Waals surface area contributed by atoms with Crippen LogP contribution in [0, 0.1) is 5.92 Å². The van der Waals surface area contributed by atoms with Crippen LogP contribution in [0.3, 0.4) is 0 Å². The van der Waals surface area contributed by atoms with Gasteiger partial charge < -0.3 is 4.74 Å². The summed E-state index contributed by atoms with van der Waals surface area (Å²) in [6.07, 6.45) is 0. The van der Waals surface area contributed by atoms with Gasteiger partial charge in [-0.3, -0.25) is 14.6 Å². The van der Waals surface area contributed by atoms with Gasteiger partial charge >= 0.3 is 5.97 Å². The number of carbonyl (C=O) groups is 2. The lowest BCUT2D eigenvalue weighted by Crippen LogP contribution is -2.34. The van der Waals surface area contributed by atoms with Gasteiger partial charge in [-0.05, 0) is 24.6 Å². The summed E-state index contributed by atoms with van der Waals surface area (Å²) in [5.41, 5.74) is 4.28. The van der Waals surface area contributed by atoms with E-state index < -0.39 is 11.8 Å². The standard InChI is InChI=1S/C21H16BrNO3/c1-11-16(21(25)26-2)17(12-7-9-13(22)10-8-12)18-19(23-11)14-5-3-4-6-15(14)20(18)24/h3-10,16-17H,1-2H3/t16?,17-/m1/s1. The summed E-state index contributed by atoms with van der Waals surface area (Å²) >= 11 is 3.44. The Morgan fingerprint density at radius 2 is 1.73 bits per heavy atom. The highest BCUT2D eigenvalue weighted by Gasteiger charge is 2.45. The van der Waals surface area contributed by atoms with Crippen LogP contribution in [0.4, 0.5) is 0 Å². The Kier molecular flexibility index (Phi) is 4.11. The van der Waals surface area contributed by atoms with Crippen molar-refractivity contribution in [2.75, 3.05) is 7.11 Å². The molecule has 4 rings (SSSR count). The van der Waals surface area contributed by atoms with Crippen molar-refractivity contribution in [1.29, 1.82) is 0 Å². The minimum Gasteiger partial charge on any atom is -0.468 e. The number of ketones is 1. The molecule has 0 amide bonds. The lowest BCUT2D eigenvalue weighted by atomic mass is 9.75. The number of methoxy groups -OCH3 is 1. The van der Waals surface area contributed by atoms with E-state index in [0.29, 0.717) is 22.5 Å². The van der Waals surface area contributed by atoms with E-state index in [1.807, 2.05) is 55.5 Å². The lowest BCUT2D eigenvalue weighted by molar-refractivity contribution is -0.143. The second-order valence-electron chi connectivity index (χ2n) is 6.42. The minimum atomic E-state index is -0.613. The van der Waals surface area contributed by atoms with Crippen LogP contribution in [0.25, 0.3) is 5.70 Å². The predicted molar refractivity (Wildman–Crippen MR) is 103 cm³/mol. The number of nitrogens with zero attached hydrogens (tertiary/aromatic N) is 1. The topological polar surface area (TPSA) is 55.7 Å². The maximum absolute atomic E-state index is 13.2. The molecule has 5 heteroatoms. The summed E-state index contributed by atoms with van der Waals surface area (Å²) in [4.78, 5) is 30.4. The molecule has 130 valence electrons. The van der Waals surface area contributed by atoms with E-state index in [1.54, 1.807) is 0 Å². The monoisotopic (exact) mass is 409 g/mol. The molecule has 0 saturated heterocycles. The van der Waals surface area contributed by atoms with E-state index in [0.717, 1.165) is 15.6 Å². The van der Waals surface area contributed by atoms with Crippen LogP contribution in [0.5, 0.6) is 0 Å². The molecule has 1 aliphatic heterocycles. The molecule has 0 bridgehead atoms. The van der Waals surface area contributed by atoms with Gasteiger partial charge in [0.15, 0.2) is 5.78 Å². The molecule has 1 heterocycles. The summed E-state index contributed by atoms with van der Waals surface area (Å²) in [7, 11) is 1.36. The van der Waals surface area contributed by atoms with Crippen molar-refractivity contribution < 1.29 is 14.3 Å². The van der Waals surface area contributed by atoms with Crippen LogP contribution in [0.1, 0.15) is 34.3 Å². The zero-order valence-corrected chi connectivity index (χ0v) is 15.9. The van der Waals surface area contributed by atoms with Gasteiger partial charge in [-0.1, -0.05) is 52.3 Å². The van der Waals surface area contributed by atoms with Crippen molar-refractivity contribution in [2.45, 2.75) is 12.8 Å². The second kappa shape index (κ2) is 6.32. The maximum Gasteiger partial charge on any atom is 0.315 e. The zero-order chi connectivity index (χ0) is 18.4. The first-order valence-electron chi connectivity index (χ1n) is 8.29. The molecule has 2 atom stereocenters. The Morgan fingerprint density at radius 3 is 2.38 bits per heavy atom. The highest BCUT2D eigenvalue weighted by molar-refractivity contribution is 9.10. The van der Waals surface area contributed by atoms with Crippen molar-refractivity contribution in [3.63, 3.8) is 0 Å². The minimum absolute atomic E-state index is 0.0614. The van der Waals surface area contributed by atoms with Gasteiger partial charge in [0.1, 0.15) is 5.92 Å². The van der Waals surface area contributed by atoms with Crippen molar-refractivity contribution >= 4 is 39.1 Å². The highest BCUT2D eigenvalue weighted by Crippen LogP contribution is 2.48. The van der Waals surface area contributed by atoms with E-state index in [9.17, 15) is 9.59 Å². The average Bonchev–Trinajstić information content (AvgIpc) is 2.93. The van der Waals surface area contributed by atoms with Crippen LogP contribution in [0.2, 0.25) is 0 Å². The van der Waals surface area contributed by atoms with Gasteiger partial charge in [-0.15, -0.1) is 0 Å². The molecule has 0 aromatic heterocycles. The fourth-order valence-electron chi connectivity index (χ4n) is 3.81. The van der Waals surface area contributed by atoms with Crippen LogP contribution in [-0.2, 0) is 9.53 Å². The van der Waals surface area contributed by atoms with Crippen LogP contribution >= 0.6 is 15.9 Å². The van der Waals surface area contributed by atoms with Crippen molar-refractivity contribution in [2.24, 2.45) is 10.9 Å². The van der Waals surface area contributed by atoms with Gasteiger partial charge in [-0.25, -0.2) is 0 Å². The van der Waals surface area contributed by atoms with E-state index in [-0.39, 0.29) is 11.8 Å². The molecule has 4 nitrogen and oxygen atoms in total. The summed E-state index contributed by atoms with van der Waals surface area (Å²) < 4.78 is 5.97. The number of Topliss-reactive ketones (excluding diaryl/α,β-unsaturated/α-hetero) is 1. The number of hydrogen-bond acceptors (Lipinski definition) is 4. The molecule has 0 radical (unpaired) electrons. The Bertz CT molecular complexity index is 989. The van der Waals surface area contributed by atoms with Gasteiger partial charge in [0.25, 0.3) is 0 Å². The van der Waals surface area contributed by atoms with E-state index in [1.165, 1.54) is 7.11 Å². The summed E-state index contributed by atoms with van der Waals surface area (Å²) in [5.74, 6) is -1.47. The van der Waals surface area contributed by atoms with E-state index >= 15 is 0 Å². The first-order chi connectivity index (χ1) is 12.5. The first kappa shape index (κ1) is 16.9. The molecule has 0 fully saturated rings. The molecule has 1 unspecified atom stereocenters. The number of allylic oxidation sites excluding steroid dienone is 1. The van der Waals surface area contributed by atoms with Gasteiger partial charge in [-0.2, -0.15) is 0 Å². The molecule has 2 aliphatic rings. The summed E-state index contributed by atoms with van der Waals surface area (Å²) in [6, 6.07) is 15.2. The van der Waals surface area contributed by atoms with Gasteiger partial charge in [0.05, 0.1) is 12.8 Å². The fourth-order valence-corrected chi connectivity index (χ4v) is 4.08. The molecule has 2 aromatic carbocycles. The van der Waals surface area contributed by atoms with Crippen LogP contribution in [0.15, 0.2) is 63.6 Å². The normalized spacial score (nSPS) is 21.2. The molecule has 0 spiro atoms. The Morgan fingerprint density at radius 1 is 1.08 bits per heavy atom. The predicted octanol–water partition coefficient (Wildman–Crippen LogP) is 4.40. The Hall–Kier alpha value is -2.53. The Labute approximate surface area is 159 Å². The molecular formula is C21H16BrNO3. The number of carbonyl (C=O) groups excluding carboxylic acids is 2. The third-order valence-electron chi connectivity index (χ3n) is 4.99. The molecule has 2 aromatic rings. The second-order valence-corrected chi connectivity index (χ2v) is 7.34. The number of esters is 1. The number of rotatable bonds is 2. The smallest absolute Gasteiger partial charge is 0.315 e. The van der Waals surface area contributed by atoms with Gasteiger partial charge in [0.2, 0.25) is 0 Å². The highest BCUT2D eigenvalue weighted by atomic mass is 79.9. The third-order valence-corrected chi connectivity index (χ3v) is 5.52.